The normalized spacial score (nSPS) is 23.5. The molecule has 1 aromatic rings. The van der Waals surface area contributed by atoms with Crippen LogP contribution >= 0.6 is 0 Å². The highest BCUT2D eigenvalue weighted by atomic mass is 16.5. The van der Waals surface area contributed by atoms with Crippen molar-refractivity contribution in [3.63, 3.8) is 0 Å². The molecule has 0 spiro atoms. The van der Waals surface area contributed by atoms with Crippen LogP contribution in [0.1, 0.15) is 31.4 Å². The van der Waals surface area contributed by atoms with Crippen LogP contribution in [0.25, 0.3) is 0 Å². The van der Waals surface area contributed by atoms with E-state index in [0.29, 0.717) is 13.0 Å². The first-order chi connectivity index (χ1) is 9.61. The molecule has 0 aromatic heterocycles. The van der Waals surface area contributed by atoms with Crippen molar-refractivity contribution in [3.05, 3.63) is 29.8 Å². The standard InChI is InChI=1S/C15H21NO4/c1-10(12-5-3-4-6-13(12)19-2)16-9-11-7-8-14(20-11)15(17)18/h3-6,10-11,14,16H,7-9H2,1-2H3,(H,17,18)/t10-,11?,14?/m0/s1. The van der Waals surface area contributed by atoms with E-state index in [0.717, 1.165) is 17.7 Å². The number of para-hydroxylation sites is 1. The first kappa shape index (κ1) is 14.8. The molecule has 20 heavy (non-hydrogen) atoms. The van der Waals surface area contributed by atoms with Crippen LogP contribution in [0.5, 0.6) is 5.75 Å². The van der Waals surface area contributed by atoms with Crippen molar-refractivity contribution in [2.24, 2.45) is 0 Å². The highest BCUT2D eigenvalue weighted by Gasteiger charge is 2.30. The maximum absolute atomic E-state index is 10.8. The fourth-order valence-corrected chi connectivity index (χ4v) is 2.48. The molecule has 2 unspecified atom stereocenters. The predicted molar refractivity (Wildman–Crippen MR) is 74.9 cm³/mol. The van der Waals surface area contributed by atoms with Gasteiger partial charge in [0.2, 0.25) is 0 Å². The van der Waals surface area contributed by atoms with Crippen LogP contribution < -0.4 is 10.1 Å². The van der Waals surface area contributed by atoms with Crippen molar-refractivity contribution in [3.8, 4) is 5.75 Å². The average molecular weight is 279 g/mol. The third-order valence-electron chi connectivity index (χ3n) is 3.64. The van der Waals surface area contributed by atoms with E-state index in [2.05, 4.69) is 12.2 Å². The maximum atomic E-state index is 10.8. The van der Waals surface area contributed by atoms with E-state index >= 15 is 0 Å². The number of benzene rings is 1. The number of methoxy groups -OCH3 is 1. The molecule has 5 nitrogen and oxygen atoms in total. The van der Waals surface area contributed by atoms with Crippen LogP contribution in [0.4, 0.5) is 0 Å². The Bertz CT molecular complexity index is 463. The summed E-state index contributed by atoms with van der Waals surface area (Å²) in [6.07, 6.45) is 0.685. The second-order valence-corrected chi connectivity index (χ2v) is 5.03. The van der Waals surface area contributed by atoms with E-state index in [9.17, 15) is 4.79 Å². The lowest BCUT2D eigenvalue weighted by molar-refractivity contribution is -0.149. The zero-order valence-corrected chi connectivity index (χ0v) is 11.8. The average Bonchev–Trinajstić information content (AvgIpc) is 2.94. The Labute approximate surface area is 118 Å². The Morgan fingerprint density at radius 1 is 1.50 bits per heavy atom. The molecule has 3 atom stereocenters. The summed E-state index contributed by atoms with van der Waals surface area (Å²) in [4.78, 5) is 10.8. The lowest BCUT2D eigenvalue weighted by atomic mass is 10.1. The van der Waals surface area contributed by atoms with Gasteiger partial charge in [0, 0.05) is 18.2 Å². The van der Waals surface area contributed by atoms with Crippen LogP contribution in [0.15, 0.2) is 24.3 Å². The van der Waals surface area contributed by atoms with Crippen molar-refractivity contribution < 1.29 is 19.4 Å². The largest absolute Gasteiger partial charge is 0.496 e. The smallest absolute Gasteiger partial charge is 0.332 e. The molecule has 1 saturated heterocycles. The van der Waals surface area contributed by atoms with Gasteiger partial charge in [-0.3, -0.25) is 0 Å². The van der Waals surface area contributed by atoms with Crippen LogP contribution in [0.3, 0.4) is 0 Å². The number of nitrogens with one attached hydrogen (secondary N) is 1. The maximum Gasteiger partial charge on any atom is 0.332 e. The summed E-state index contributed by atoms with van der Waals surface area (Å²) in [5.74, 6) is -0.0199. The zero-order chi connectivity index (χ0) is 14.5. The number of hydrogen-bond donors (Lipinski definition) is 2. The van der Waals surface area contributed by atoms with Crippen molar-refractivity contribution in [2.75, 3.05) is 13.7 Å². The Morgan fingerprint density at radius 2 is 2.25 bits per heavy atom. The molecule has 1 heterocycles. The molecular weight excluding hydrogens is 258 g/mol. The van der Waals surface area contributed by atoms with Crippen LogP contribution in [-0.4, -0.2) is 36.9 Å². The zero-order valence-electron chi connectivity index (χ0n) is 11.8. The lowest BCUT2D eigenvalue weighted by Crippen LogP contribution is -2.30. The Morgan fingerprint density at radius 3 is 2.90 bits per heavy atom. The molecule has 1 aliphatic heterocycles. The number of carboxylic acid groups (broad SMARTS) is 1. The Hall–Kier alpha value is -1.59. The predicted octanol–water partition coefficient (Wildman–Crippen LogP) is 1.98. The van der Waals surface area contributed by atoms with Gasteiger partial charge in [0.05, 0.1) is 13.2 Å². The molecule has 110 valence electrons. The summed E-state index contributed by atoms with van der Waals surface area (Å²) in [5.41, 5.74) is 1.09. The van der Waals surface area contributed by atoms with E-state index in [1.54, 1.807) is 7.11 Å². The van der Waals surface area contributed by atoms with Crippen LogP contribution in [0, 0.1) is 0 Å². The summed E-state index contributed by atoms with van der Waals surface area (Å²) in [6.45, 7) is 2.70. The van der Waals surface area contributed by atoms with Gasteiger partial charge in [-0.15, -0.1) is 0 Å². The lowest BCUT2D eigenvalue weighted by Gasteiger charge is -2.19. The molecule has 2 rings (SSSR count). The molecule has 5 heteroatoms. The first-order valence-corrected chi connectivity index (χ1v) is 6.86. The quantitative estimate of drug-likeness (QED) is 0.833. The van der Waals surface area contributed by atoms with E-state index in [-0.39, 0.29) is 12.1 Å². The van der Waals surface area contributed by atoms with E-state index in [1.165, 1.54) is 0 Å². The monoisotopic (exact) mass is 279 g/mol. The molecule has 1 aliphatic rings. The Balaban J connectivity index is 1.86. The molecule has 0 bridgehead atoms. The van der Waals surface area contributed by atoms with Crippen LogP contribution in [-0.2, 0) is 9.53 Å². The van der Waals surface area contributed by atoms with Crippen molar-refractivity contribution in [1.29, 1.82) is 0 Å². The van der Waals surface area contributed by atoms with E-state index in [4.69, 9.17) is 14.6 Å². The molecule has 1 fully saturated rings. The molecule has 1 aromatic carbocycles. The summed E-state index contributed by atoms with van der Waals surface area (Å²) < 4.78 is 10.8. The minimum Gasteiger partial charge on any atom is -0.496 e. The molecule has 0 aliphatic carbocycles. The van der Waals surface area contributed by atoms with Gasteiger partial charge < -0.3 is 19.9 Å². The van der Waals surface area contributed by atoms with Crippen molar-refractivity contribution >= 4 is 5.97 Å². The first-order valence-electron chi connectivity index (χ1n) is 6.86. The summed E-state index contributed by atoms with van der Waals surface area (Å²) in [6, 6.07) is 7.99. The SMILES string of the molecule is COc1ccccc1[C@H](C)NCC1CCC(C(=O)O)O1. The van der Waals surface area contributed by atoms with E-state index < -0.39 is 12.1 Å². The van der Waals surface area contributed by atoms with Gasteiger partial charge in [0.25, 0.3) is 0 Å². The summed E-state index contributed by atoms with van der Waals surface area (Å²) in [7, 11) is 1.66. The molecule has 0 amide bonds. The minimum atomic E-state index is -0.870. The molecule has 0 saturated carbocycles. The number of aliphatic carboxylic acids is 1. The van der Waals surface area contributed by atoms with Gasteiger partial charge in [-0.1, -0.05) is 18.2 Å². The van der Waals surface area contributed by atoms with Crippen molar-refractivity contribution in [1.82, 2.24) is 5.32 Å². The summed E-state index contributed by atoms with van der Waals surface area (Å²) >= 11 is 0. The highest BCUT2D eigenvalue weighted by molar-refractivity contribution is 5.72. The third-order valence-corrected chi connectivity index (χ3v) is 3.64. The van der Waals surface area contributed by atoms with Crippen LogP contribution in [0.2, 0.25) is 0 Å². The molecular formula is C15H21NO4. The highest BCUT2D eigenvalue weighted by Crippen LogP contribution is 2.25. The fourth-order valence-electron chi connectivity index (χ4n) is 2.48. The minimum absolute atomic E-state index is 0.0340. The number of rotatable bonds is 6. The second-order valence-electron chi connectivity index (χ2n) is 5.03. The Kier molecular flexibility index (Phi) is 4.98. The van der Waals surface area contributed by atoms with Gasteiger partial charge in [0.1, 0.15) is 5.75 Å². The number of carboxylic acids is 1. The van der Waals surface area contributed by atoms with Gasteiger partial charge in [-0.2, -0.15) is 0 Å². The van der Waals surface area contributed by atoms with Gasteiger partial charge in [-0.05, 0) is 25.8 Å². The third kappa shape index (κ3) is 3.49. The molecule has 0 radical (unpaired) electrons. The van der Waals surface area contributed by atoms with Gasteiger partial charge in [0.15, 0.2) is 6.10 Å². The number of ether oxygens (including phenoxy) is 2. The topological polar surface area (TPSA) is 67.8 Å². The fraction of sp³-hybridized carbons (Fsp3) is 0.533. The number of carbonyl (C=O) groups is 1. The molecule has 2 N–H and O–H groups in total. The number of hydrogen-bond acceptors (Lipinski definition) is 4. The summed E-state index contributed by atoms with van der Waals surface area (Å²) in [5, 5.41) is 12.3. The van der Waals surface area contributed by atoms with Crippen molar-refractivity contribution in [2.45, 2.75) is 38.0 Å². The second kappa shape index (κ2) is 6.72. The van der Waals surface area contributed by atoms with E-state index in [1.807, 2.05) is 24.3 Å². The van der Waals surface area contributed by atoms with Gasteiger partial charge >= 0.3 is 5.97 Å². The van der Waals surface area contributed by atoms with Gasteiger partial charge in [-0.25, -0.2) is 4.79 Å².